The van der Waals surface area contributed by atoms with Gasteiger partial charge in [0.05, 0.1) is 17.6 Å². The molecule has 0 saturated heterocycles. The summed E-state index contributed by atoms with van der Waals surface area (Å²) in [4.78, 5) is 6.65. The number of hydrogen-bond donors (Lipinski definition) is 1. The number of nitrogens with two attached hydrogens (primary N) is 1. The summed E-state index contributed by atoms with van der Waals surface area (Å²) in [5, 5.41) is 3.99. The normalized spacial score (nSPS) is 13.1. The Balaban J connectivity index is 2.61. The quantitative estimate of drug-likeness (QED) is 0.709. The molecule has 1 rings (SSSR count). The monoisotopic (exact) mass is 213 g/mol. The number of likely N-dealkylation sites (N-methyl/N-ethyl adjacent to an activating group) is 1. The standard InChI is InChI=1S/C8H15N5S/c1-6(8(9)14)12(2)4-7-10-5-11-13(7)3/h5-6H,4H2,1-3H3,(H2,9,14). The zero-order valence-corrected chi connectivity index (χ0v) is 9.45. The van der Waals surface area contributed by atoms with Crippen molar-refractivity contribution in [3.63, 3.8) is 0 Å². The summed E-state index contributed by atoms with van der Waals surface area (Å²) in [5.74, 6) is 0.899. The predicted octanol–water partition coefficient (Wildman–Crippen LogP) is -0.0785. The molecule has 0 aliphatic carbocycles. The van der Waals surface area contributed by atoms with Crippen LogP contribution in [0.1, 0.15) is 12.7 Å². The first-order valence-corrected chi connectivity index (χ1v) is 4.75. The Morgan fingerprint density at radius 1 is 1.79 bits per heavy atom. The number of hydrogen-bond acceptors (Lipinski definition) is 4. The number of aryl methyl sites for hydroxylation is 1. The van der Waals surface area contributed by atoms with Crippen LogP contribution in [0, 0.1) is 0 Å². The van der Waals surface area contributed by atoms with E-state index in [-0.39, 0.29) is 6.04 Å². The first-order valence-electron chi connectivity index (χ1n) is 4.34. The molecule has 78 valence electrons. The Bertz CT molecular complexity index is 321. The van der Waals surface area contributed by atoms with Gasteiger partial charge in [-0.25, -0.2) is 4.98 Å². The van der Waals surface area contributed by atoms with Crippen molar-refractivity contribution in [2.24, 2.45) is 12.8 Å². The average Bonchev–Trinajstić information content (AvgIpc) is 2.50. The Kier molecular flexibility index (Phi) is 3.54. The number of rotatable bonds is 4. The summed E-state index contributed by atoms with van der Waals surface area (Å²) in [6.45, 7) is 2.66. The molecule has 1 aromatic rings. The van der Waals surface area contributed by atoms with E-state index in [1.165, 1.54) is 6.33 Å². The lowest BCUT2D eigenvalue weighted by Crippen LogP contribution is -2.39. The van der Waals surface area contributed by atoms with Gasteiger partial charge in [0.25, 0.3) is 0 Å². The minimum absolute atomic E-state index is 0.0710. The lowest BCUT2D eigenvalue weighted by Gasteiger charge is -2.22. The van der Waals surface area contributed by atoms with Crippen LogP contribution in [0.4, 0.5) is 0 Å². The van der Waals surface area contributed by atoms with Gasteiger partial charge >= 0.3 is 0 Å². The third-order valence-electron chi connectivity index (χ3n) is 2.27. The molecule has 5 nitrogen and oxygen atoms in total. The second kappa shape index (κ2) is 4.47. The highest BCUT2D eigenvalue weighted by Gasteiger charge is 2.13. The van der Waals surface area contributed by atoms with E-state index in [0.29, 0.717) is 11.5 Å². The maximum atomic E-state index is 5.55. The number of aromatic nitrogens is 3. The molecule has 0 aliphatic rings. The molecule has 0 spiro atoms. The lowest BCUT2D eigenvalue weighted by atomic mass is 10.3. The van der Waals surface area contributed by atoms with Gasteiger partial charge in [-0.1, -0.05) is 12.2 Å². The van der Waals surface area contributed by atoms with Gasteiger partial charge in [0.15, 0.2) is 0 Å². The summed E-state index contributed by atoms with van der Waals surface area (Å²) >= 11 is 4.92. The maximum absolute atomic E-state index is 5.55. The second-order valence-electron chi connectivity index (χ2n) is 3.29. The molecule has 0 amide bonds. The smallest absolute Gasteiger partial charge is 0.140 e. The van der Waals surface area contributed by atoms with Crippen molar-refractivity contribution in [1.29, 1.82) is 0 Å². The molecular formula is C8H15N5S. The molecule has 14 heavy (non-hydrogen) atoms. The zero-order valence-electron chi connectivity index (χ0n) is 8.64. The largest absolute Gasteiger partial charge is 0.392 e. The first-order chi connectivity index (χ1) is 6.52. The highest BCUT2D eigenvalue weighted by molar-refractivity contribution is 7.80. The van der Waals surface area contributed by atoms with Crippen molar-refractivity contribution in [2.75, 3.05) is 7.05 Å². The van der Waals surface area contributed by atoms with E-state index < -0.39 is 0 Å². The molecule has 1 atom stereocenters. The Labute approximate surface area is 88.9 Å². The Morgan fingerprint density at radius 2 is 2.43 bits per heavy atom. The lowest BCUT2D eigenvalue weighted by molar-refractivity contribution is 0.291. The van der Waals surface area contributed by atoms with Crippen molar-refractivity contribution in [3.05, 3.63) is 12.2 Å². The summed E-state index contributed by atoms with van der Waals surface area (Å²) in [6, 6.07) is 0.0710. The van der Waals surface area contributed by atoms with Crippen LogP contribution >= 0.6 is 12.2 Å². The summed E-state index contributed by atoms with van der Waals surface area (Å²) in [5.41, 5.74) is 5.55. The van der Waals surface area contributed by atoms with Crippen LogP contribution < -0.4 is 5.73 Å². The fourth-order valence-electron chi connectivity index (χ4n) is 1.04. The first kappa shape index (κ1) is 11.1. The van der Waals surface area contributed by atoms with Crippen molar-refractivity contribution < 1.29 is 0 Å². The van der Waals surface area contributed by atoms with Crippen molar-refractivity contribution in [1.82, 2.24) is 19.7 Å². The van der Waals surface area contributed by atoms with Crippen LogP contribution in [-0.4, -0.2) is 37.7 Å². The molecule has 0 aromatic carbocycles. The van der Waals surface area contributed by atoms with Crippen LogP contribution in [0.25, 0.3) is 0 Å². The number of nitrogens with zero attached hydrogens (tertiary/aromatic N) is 4. The van der Waals surface area contributed by atoms with Crippen LogP contribution in [0.15, 0.2) is 6.33 Å². The van der Waals surface area contributed by atoms with Gasteiger partial charge in [0.2, 0.25) is 0 Å². The average molecular weight is 213 g/mol. The van der Waals surface area contributed by atoms with Gasteiger partial charge in [0, 0.05) is 7.05 Å². The molecule has 1 aromatic heterocycles. The topological polar surface area (TPSA) is 60.0 Å². The molecule has 6 heteroatoms. The maximum Gasteiger partial charge on any atom is 0.140 e. The number of thiocarbonyl (C=S) groups is 1. The van der Waals surface area contributed by atoms with E-state index in [9.17, 15) is 0 Å². The van der Waals surface area contributed by atoms with E-state index >= 15 is 0 Å². The van der Waals surface area contributed by atoms with E-state index in [1.54, 1.807) is 4.68 Å². The summed E-state index contributed by atoms with van der Waals surface area (Å²) in [6.07, 6.45) is 1.54. The molecule has 1 heterocycles. The van der Waals surface area contributed by atoms with Crippen LogP contribution in [0.5, 0.6) is 0 Å². The molecule has 1 unspecified atom stereocenters. The Hall–Kier alpha value is -1.01. The van der Waals surface area contributed by atoms with Crippen LogP contribution in [0.2, 0.25) is 0 Å². The molecule has 0 saturated carbocycles. The van der Waals surface area contributed by atoms with Gasteiger partial charge in [-0.2, -0.15) is 5.10 Å². The molecule has 0 bridgehead atoms. The third kappa shape index (κ3) is 2.49. The van der Waals surface area contributed by atoms with Gasteiger partial charge in [0.1, 0.15) is 12.2 Å². The van der Waals surface area contributed by atoms with E-state index in [0.717, 1.165) is 5.82 Å². The SMILES string of the molecule is CC(C(N)=S)N(C)Cc1ncnn1C. The summed E-state index contributed by atoms with van der Waals surface area (Å²) in [7, 11) is 3.82. The molecule has 0 radical (unpaired) electrons. The molecule has 2 N–H and O–H groups in total. The van der Waals surface area contributed by atoms with Gasteiger partial charge in [-0.3, -0.25) is 9.58 Å². The molecule has 0 fully saturated rings. The van der Waals surface area contributed by atoms with E-state index in [4.69, 9.17) is 18.0 Å². The molecule has 0 aliphatic heterocycles. The fraction of sp³-hybridized carbons (Fsp3) is 0.625. The Morgan fingerprint density at radius 3 is 2.86 bits per heavy atom. The highest BCUT2D eigenvalue weighted by atomic mass is 32.1. The third-order valence-corrected chi connectivity index (χ3v) is 2.61. The van der Waals surface area contributed by atoms with Gasteiger partial charge in [-0.15, -0.1) is 0 Å². The van der Waals surface area contributed by atoms with Crippen molar-refractivity contribution in [3.8, 4) is 0 Å². The van der Waals surface area contributed by atoms with Crippen molar-refractivity contribution >= 4 is 17.2 Å². The van der Waals surface area contributed by atoms with E-state index in [2.05, 4.69) is 10.1 Å². The minimum atomic E-state index is 0.0710. The fourth-order valence-corrected chi connectivity index (χ4v) is 1.22. The zero-order chi connectivity index (χ0) is 10.7. The van der Waals surface area contributed by atoms with Crippen LogP contribution in [-0.2, 0) is 13.6 Å². The van der Waals surface area contributed by atoms with E-state index in [1.807, 2.05) is 25.9 Å². The summed E-state index contributed by atoms with van der Waals surface area (Å²) < 4.78 is 1.74. The van der Waals surface area contributed by atoms with Crippen LogP contribution in [0.3, 0.4) is 0 Å². The predicted molar refractivity (Wildman–Crippen MR) is 58.7 cm³/mol. The van der Waals surface area contributed by atoms with Gasteiger partial charge < -0.3 is 5.73 Å². The molecular weight excluding hydrogens is 198 g/mol. The van der Waals surface area contributed by atoms with Crippen molar-refractivity contribution in [2.45, 2.75) is 19.5 Å². The van der Waals surface area contributed by atoms with Gasteiger partial charge in [-0.05, 0) is 14.0 Å². The second-order valence-corrected chi connectivity index (χ2v) is 3.76. The minimum Gasteiger partial charge on any atom is -0.392 e. The highest BCUT2D eigenvalue weighted by Crippen LogP contribution is 2.02.